The highest BCUT2D eigenvalue weighted by Crippen LogP contribution is 2.28. The standard InChI is InChI=1S/C10H8F3N3O/c11-10(12,13)8-4-15-16(5-8)9-3-7(6-17)1-2-14-9/h1-5,17H,6H2. The number of nitrogens with zero attached hydrogens (tertiary/aromatic N) is 3. The number of alkyl halides is 3. The van der Waals surface area contributed by atoms with E-state index in [2.05, 4.69) is 10.1 Å². The Morgan fingerprint density at radius 3 is 2.71 bits per heavy atom. The van der Waals surface area contributed by atoms with Gasteiger partial charge < -0.3 is 5.11 Å². The van der Waals surface area contributed by atoms with Crippen LogP contribution in [0.3, 0.4) is 0 Å². The van der Waals surface area contributed by atoms with Crippen molar-refractivity contribution < 1.29 is 18.3 Å². The van der Waals surface area contributed by atoms with Crippen molar-refractivity contribution in [2.75, 3.05) is 0 Å². The minimum Gasteiger partial charge on any atom is -0.392 e. The smallest absolute Gasteiger partial charge is 0.392 e. The van der Waals surface area contributed by atoms with Gasteiger partial charge in [0.1, 0.15) is 0 Å². The molecule has 0 saturated carbocycles. The zero-order valence-corrected chi connectivity index (χ0v) is 8.52. The molecule has 0 aliphatic carbocycles. The van der Waals surface area contributed by atoms with E-state index >= 15 is 0 Å². The highest BCUT2D eigenvalue weighted by Gasteiger charge is 2.32. The van der Waals surface area contributed by atoms with Crippen LogP contribution in [0.5, 0.6) is 0 Å². The Morgan fingerprint density at radius 1 is 1.35 bits per heavy atom. The van der Waals surface area contributed by atoms with E-state index in [-0.39, 0.29) is 12.4 Å². The topological polar surface area (TPSA) is 50.9 Å². The number of hydrogen-bond acceptors (Lipinski definition) is 3. The summed E-state index contributed by atoms with van der Waals surface area (Å²) >= 11 is 0. The summed E-state index contributed by atoms with van der Waals surface area (Å²) in [7, 11) is 0. The number of aliphatic hydroxyl groups excluding tert-OH is 1. The second kappa shape index (κ2) is 4.17. The maximum Gasteiger partial charge on any atom is 0.419 e. The minimum absolute atomic E-state index is 0.205. The molecule has 0 aromatic carbocycles. The van der Waals surface area contributed by atoms with Crippen LogP contribution in [0.25, 0.3) is 5.82 Å². The molecule has 90 valence electrons. The molecular weight excluding hydrogens is 235 g/mol. The van der Waals surface area contributed by atoms with E-state index < -0.39 is 11.7 Å². The third-order valence-corrected chi connectivity index (χ3v) is 2.14. The molecule has 2 aromatic heterocycles. The van der Waals surface area contributed by atoms with Gasteiger partial charge in [0.25, 0.3) is 0 Å². The number of rotatable bonds is 2. The molecular formula is C10H8F3N3O. The molecule has 2 heterocycles. The number of halogens is 3. The molecule has 1 N–H and O–H groups in total. The summed E-state index contributed by atoms with van der Waals surface area (Å²) < 4.78 is 38.1. The van der Waals surface area contributed by atoms with Gasteiger partial charge in [0.05, 0.1) is 18.4 Å². The van der Waals surface area contributed by atoms with Gasteiger partial charge in [0.2, 0.25) is 0 Å². The van der Waals surface area contributed by atoms with E-state index in [1.54, 1.807) is 6.07 Å². The van der Waals surface area contributed by atoms with E-state index in [9.17, 15) is 13.2 Å². The molecule has 17 heavy (non-hydrogen) atoms. The molecule has 4 nitrogen and oxygen atoms in total. The Bertz CT molecular complexity index is 522. The van der Waals surface area contributed by atoms with Gasteiger partial charge in [-0.05, 0) is 17.7 Å². The molecule has 2 rings (SSSR count). The summed E-state index contributed by atoms with van der Waals surface area (Å²) in [6.07, 6.45) is -1.44. The lowest BCUT2D eigenvalue weighted by molar-refractivity contribution is -0.137. The molecule has 0 spiro atoms. The van der Waals surface area contributed by atoms with Gasteiger partial charge in [-0.2, -0.15) is 18.3 Å². The monoisotopic (exact) mass is 243 g/mol. The quantitative estimate of drug-likeness (QED) is 0.874. The fourth-order valence-electron chi connectivity index (χ4n) is 1.28. The van der Waals surface area contributed by atoms with Crippen LogP contribution in [-0.4, -0.2) is 19.9 Å². The molecule has 0 amide bonds. The summed E-state index contributed by atoms with van der Waals surface area (Å²) in [6.45, 7) is -0.205. The van der Waals surface area contributed by atoms with Crippen LogP contribution >= 0.6 is 0 Å². The Kier molecular flexibility index (Phi) is 2.84. The molecule has 2 aromatic rings. The van der Waals surface area contributed by atoms with Crippen molar-refractivity contribution >= 4 is 0 Å². The van der Waals surface area contributed by atoms with Crippen molar-refractivity contribution in [3.05, 3.63) is 41.9 Å². The number of pyridine rings is 1. The van der Waals surface area contributed by atoms with Crippen LogP contribution in [0.15, 0.2) is 30.7 Å². The normalized spacial score (nSPS) is 11.8. The van der Waals surface area contributed by atoms with Crippen LogP contribution in [0, 0.1) is 0 Å². The average Bonchev–Trinajstić information content (AvgIpc) is 2.78. The second-order valence-corrected chi connectivity index (χ2v) is 3.35. The molecule has 0 unspecified atom stereocenters. The molecule has 0 bridgehead atoms. The SMILES string of the molecule is OCc1ccnc(-n2cc(C(F)(F)F)cn2)c1. The third kappa shape index (κ3) is 2.44. The summed E-state index contributed by atoms with van der Waals surface area (Å²) in [5, 5.41) is 12.5. The van der Waals surface area contributed by atoms with Crippen molar-refractivity contribution in [2.45, 2.75) is 12.8 Å². The highest BCUT2D eigenvalue weighted by atomic mass is 19.4. The molecule has 0 aliphatic heterocycles. The first-order chi connectivity index (χ1) is 8.00. The fourth-order valence-corrected chi connectivity index (χ4v) is 1.28. The maximum absolute atomic E-state index is 12.3. The van der Waals surface area contributed by atoms with Crippen molar-refractivity contribution in [3.63, 3.8) is 0 Å². The number of aliphatic hydroxyl groups is 1. The molecule has 0 saturated heterocycles. The summed E-state index contributed by atoms with van der Waals surface area (Å²) in [5.74, 6) is 0.229. The molecule has 0 atom stereocenters. The zero-order chi connectivity index (χ0) is 12.5. The highest BCUT2D eigenvalue weighted by molar-refractivity contribution is 5.28. The lowest BCUT2D eigenvalue weighted by atomic mass is 10.3. The van der Waals surface area contributed by atoms with Gasteiger partial charge in [0, 0.05) is 12.4 Å². The zero-order valence-electron chi connectivity index (χ0n) is 8.52. The fraction of sp³-hybridized carbons (Fsp3) is 0.200. The number of hydrogen-bond donors (Lipinski definition) is 1. The van der Waals surface area contributed by atoms with Gasteiger partial charge >= 0.3 is 6.18 Å². The molecule has 7 heteroatoms. The Morgan fingerprint density at radius 2 is 2.12 bits per heavy atom. The Labute approximate surface area is 94.3 Å². The van der Waals surface area contributed by atoms with Crippen molar-refractivity contribution in [1.29, 1.82) is 0 Å². The van der Waals surface area contributed by atoms with Crippen molar-refractivity contribution in [2.24, 2.45) is 0 Å². The lowest BCUT2D eigenvalue weighted by Crippen LogP contribution is -2.03. The predicted molar refractivity (Wildman–Crippen MR) is 52.3 cm³/mol. The predicted octanol–water partition coefficient (Wildman–Crippen LogP) is 1.78. The second-order valence-electron chi connectivity index (χ2n) is 3.35. The van der Waals surface area contributed by atoms with Crippen LogP contribution in [0.2, 0.25) is 0 Å². The third-order valence-electron chi connectivity index (χ3n) is 2.14. The van der Waals surface area contributed by atoms with Crippen LogP contribution < -0.4 is 0 Å². The first-order valence-electron chi connectivity index (χ1n) is 4.69. The van der Waals surface area contributed by atoms with Crippen molar-refractivity contribution in [3.8, 4) is 5.82 Å². The lowest BCUT2D eigenvalue weighted by Gasteiger charge is -2.02. The van der Waals surface area contributed by atoms with Gasteiger partial charge in [-0.3, -0.25) is 0 Å². The summed E-state index contributed by atoms with van der Waals surface area (Å²) in [6, 6.07) is 3.03. The van der Waals surface area contributed by atoms with Gasteiger partial charge in [-0.15, -0.1) is 0 Å². The van der Waals surface area contributed by atoms with Crippen LogP contribution in [-0.2, 0) is 12.8 Å². The maximum atomic E-state index is 12.3. The Balaban J connectivity index is 2.37. The molecule has 0 aliphatic rings. The summed E-state index contributed by atoms with van der Waals surface area (Å²) in [5.41, 5.74) is -0.284. The van der Waals surface area contributed by atoms with Crippen LogP contribution in [0.1, 0.15) is 11.1 Å². The van der Waals surface area contributed by atoms with E-state index in [4.69, 9.17) is 5.11 Å². The largest absolute Gasteiger partial charge is 0.419 e. The first-order valence-corrected chi connectivity index (χ1v) is 4.69. The average molecular weight is 243 g/mol. The number of aromatic nitrogens is 3. The van der Waals surface area contributed by atoms with Gasteiger partial charge in [-0.1, -0.05) is 0 Å². The minimum atomic E-state index is -4.42. The van der Waals surface area contributed by atoms with E-state index in [1.807, 2.05) is 0 Å². The first kappa shape index (κ1) is 11.6. The Hall–Kier alpha value is -1.89. The molecule has 0 radical (unpaired) electrons. The van der Waals surface area contributed by atoms with Gasteiger partial charge in [0.15, 0.2) is 5.82 Å². The van der Waals surface area contributed by atoms with Gasteiger partial charge in [-0.25, -0.2) is 9.67 Å². The van der Waals surface area contributed by atoms with E-state index in [1.165, 1.54) is 12.3 Å². The van der Waals surface area contributed by atoms with E-state index in [0.29, 0.717) is 5.56 Å². The van der Waals surface area contributed by atoms with Crippen molar-refractivity contribution in [1.82, 2.24) is 14.8 Å². The molecule has 0 fully saturated rings. The summed E-state index contributed by atoms with van der Waals surface area (Å²) in [4.78, 5) is 3.87. The van der Waals surface area contributed by atoms with Crippen LogP contribution in [0.4, 0.5) is 13.2 Å². The van der Waals surface area contributed by atoms with E-state index in [0.717, 1.165) is 17.1 Å².